The molecule has 2 N–H and O–H groups in total. The second-order valence-corrected chi connectivity index (χ2v) is 7.66. The van der Waals surface area contributed by atoms with Gasteiger partial charge in [0.25, 0.3) is 0 Å². The molecule has 1 heterocycles. The van der Waals surface area contributed by atoms with Gasteiger partial charge in [-0.25, -0.2) is 0 Å². The van der Waals surface area contributed by atoms with Gasteiger partial charge in [0.2, 0.25) is 5.91 Å². The molecule has 0 bridgehead atoms. The minimum absolute atomic E-state index is 0.0775. The zero-order chi connectivity index (χ0) is 15.7. The van der Waals surface area contributed by atoms with Crippen molar-refractivity contribution >= 4 is 21.8 Å². The topological polar surface area (TPSA) is 46.3 Å². The normalized spacial score (nSPS) is 28.7. The first-order valence-electron chi connectivity index (χ1n) is 8.38. The molecule has 120 valence electrons. The highest BCUT2D eigenvalue weighted by atomic mass is 79.9. The fourth-order valence-corrected chi connectivity index (χ4v) is 4.53. The molecule has 2 fully saturated rings. The number of halogens is 1. The third kappa shape index (κ3) is 3.09. The Bertz CT molecular complexity index is 548. The van der Waals surface area contributed by atoms with Crippen molar-refractivity contribution in [2.45, 2.75) is 38.6 Å². The van der Waals surface area contributed by atoms with Crippen molar-refractivity contribution in [2.24, 2.45) is 23.5 Å². The van der Waals surface area contributed by atoms with Crippen molar-refractivity contribution in [1.82, 2.24) is 4.90 Å². The number of rotatable bonds is 4. The Kier molecular flexibility index (Phi) is 4.88. The standard InChI is InChI=1S/C18H25BrN2O/c1-2-12(9-13-5-3-4-6-16(13)19)18(22)21-10-14-7-8-17(20)15(14)11-21/h3-6,12,14-15,17H,2,7-11,20H2,1H3. The molecule has 0 spiro atoms. The molecule has 3 rings (SSSR count). The van der Waals surface area contributed by atoms with Crippen molar-refractivity contribution in [3.8, 4) is 0 Å². The molecule has 1 aromatic carbocycles. The molecule has 0 radical (unpaired) electrons. The summed E-state index contributed by atoms with van der Waals surface area (Å²) in [4.78, 5) is 15.0. The lowest BCUT2D eigenvalue weighted by Gasteiger charge is -2.24. The maximum Gasteiger partial charge on any atom is 0.226 e. The number of carbonyl (C=O) groups excluding carboxylic acids is 1. The SMILES string of the molecule is CCC(Cc1ccccc1Br)C(=O)N1CC2CCC(N)C2C1. The van der Waals surface area contributed by atoms with E-state index in [1.807, 2.05) is 18.2 Å². The monoisotopic (exact) mass is 364 g/mol. The van der Waals surface area contributed by atoms with Gasteiger partial charge in [-0.3, -0.25) is 4.79 Å². The number of nitrogens with zero attached hydrogens (tertiary/aromatic N) is 1. The molecule has 1 amide bonds. The second-order valence-electron chi connectivity index (χ2n) is 6.81. The van der Waals surface area contributed by atoms with Gasteiger partial charge in [-0.2, -0.15) is 0 Å². The lowest BCUT2D eigenvalue weighted by Crippen LogP contribution is -2.37. The predicted molar refractivity (Wildman–Crippen MR) is 92.4 cm³/mol. The molecule has 4 atom stereocenters. The Hall–Kier alpha value is -0.870. The van der Waals surface area contributed by atoms with E-state index >= 15 is 0 Å². The van der Waals surface area contributed by atoms with E-state index < -0.39 is 0 Å². The van der Waals surface area contributed by atoms with Gasteiger partial charge in [0.1, 0.15) is 0 Å². The van der Waals surface area contributed by atoms with Gasteiger partial charge in [-0.15, -0.1) is 0 Å². The zero-order valence-electron chi connectivity index (χ0n) is 13.2. The Morgan fingerprint density at radius 1 is 1.36 bits per heavy atom. The highest BCUT2D eigenvalue weighted by molar-refractivity contribution is 9.10. The average molecular weight is 365 g/mol. The Morgan fingerprint density at radius 2 is 2.14 bits per heavy atom. The van der Waals surface area contributed by atoms with Crippen LogP contribution in [0.3, 0.4) is 0 Å². The molecule has 22 heavy (non-hydrogen) atoms. The zero-order valence-corrected chi connectivity index (χ0v) is 14.8. The van der Waals surface area contributed by atoms with Crippen LogP contribution in [-0.2, 0) is 11.2 Å². The van der Waals surface area contributed by atoms with Crippen LogP contribution in [0.5, 0.6) is 0 Å². The van der Waals surface area contributed by atoms with Crippen LogP contribution in [0.4, 0.5) is 0 Å². The molecule has 4 heteroatoms. The number of benzene rings is 1. The Balaban J connectivity index is 1.67. The van der Waals surface area contributed by atoms with Crippen LogP contribution in [0.15, 0.2) is 28.7 Å². The molecular weight excluding hydrogens is 340 g/mol. The molecule has 1 saturated heterocycles. The number of fused-ring (bicyclic) bond motifs is 1. The fraction of sp³-hybridized carbons (Fsp3) is 0.611. The summed E-state index contributed by atoms with van der Waals surface area (Å²) < 4.78 is 1.10. The first kappa shape index (κ1) is 16.0. The van der Waals surface area contributed by atoms with Crippen molar-refractivity contribution in [3.63, 3.8) is 0 Å². The number of likely N-dealkylation sites (tertiary alicyclic amines) is 1. The smallest absolute Gasteiger partial charge is 0.226 e. The van der Waals surface area contributed by atoms with E-state index in [0.29, 0.717) is 23.8 Å². The van der Waals surface area contributed by atoms with Gasteiger partial charge in [-0.05, 0) is 49.1 Å². The van der Waals surface area contributed by atoms with Gasteiger partial charge in [-0.1, -0.05) is 41.1 Å². The van der Waals surface area contributed by atoms with Crippen LogP contribution in [-0.4, -0.2) is 29.9 Å². The molecule has 1 aliphatic heterocycles. The van der Waals surface area contributed by atoms with Crippen LogP contribution in [0.1, 0.15) is 31.7 Å². The first-order valence-corrected chi connectivity index (χ1v) is 9.17. The maximum atomic E-state index is 12.9. The fourth-order valence-electron chi connectivity index (χ4n) is 4.08. The van der Waals surface area contributed by atoms with Crippen molar-refractivity contribution < 1.29 is 4.79 Å². The van der Waals surface area contributed by atoms with E-state index in [0.717, 1.165) is 36.8 Å². The number of amides is 1. The van der Waals surface area contributed by atoms with Crippen LogP contribution >= 0.6 is 15.9 Å². The summed E-state index contributed by atoms with van der Waals surface area (Å²) in [6.07, 6.45) is 4.02. The summed E-state index contributed by atoms with van der Waals surface area (Å²) >= 11 is 3.59. The second kappa shape index (κ2) is 6.71. The van der Waals surface area contributed by atoms with Gasteiger partial charge in [0.05, 0.1) is 0 Å². The summed E-state index contributed by atoms with van der Waals surface area (Å²) in [5.41, 5.74) is 7.41. The molecule has 1 saturated carbocycles. The van der Waals surface area contributed by atoms with E-state index in [-0.39, 0.29) is 5.92 Å². The van der Waals surface area contributed by atoms with E-state index in [9.17, 15) is 4.79 Å². The van der Waals surface area contributed by atoms with Gasteiger partial charge in [0.15, 0.2) is 0 Å². The predicted octanol–water partition coefficient (Wildman–Crippen LogP) is 3.21. The van der Waals surface area contributed by atoms with Gasteiger partial charge in [0, 0.05) is 29.5 Å². The van der Waals surface area contributed by atoms with Crippen LogP contribution in [0.2, 0.25) is 0 Å². The van der Waals surface area contributed by atoms with Crippen LogP contribution < -0.4 is 5.73 Å². The van der Waals surface area contributed by atoms with E-state index in [2.05, 4.69) is 33.8 Å². The molecule has 1 aliphatic carbocycles. The minimum atomic E-state index is 0.0775. The number of carbonyl (C=O) groups is 1. The summed E-state index contributed by atoms with van der Waals surface area (Å²) in [5, 5.41) is 0. The lowest BCUT2D eigenvalue weighted by molar-refractivity contribution is -0.134. The quantitative estimate of drug-likeness (QED) is 0.891. The number of hydrogen-bond donors (Lipinski definition) is 1. The highest BCUT2D eigenvalue weighted by Crippen LogP contribution is 2.38. The first-order chi connectivity index (χ1) is 10.6. The van der Waals surface area contributed by atoms with Crippen LogP contribution in [0, 0.1) is 17.8 Å². The van der Waals surface area contributed by atoms with Crippen LogP contribution in [0.25, 0.3) is 0 Å². The Morgan fingerprint density at radius 3 is 2.82 bits per heavy atom. The lowest BCUT2D eigenvalue weighted by atomic mass is 9.95. The van der Waals surface area contributed by atoms with E-state index in [1.54, 1.807) is 0 Å². The molecule has 0 aromatic heterocycles. The molecular formula is C18H25BrN2O. The van der Waals surface area contributed by atoms with Gasteiger partial charge < -0.3 is 10.6 Å². The Labute approximate surface area is 141 Å². The molecule has 1 aromatic rings. The molecule has 4 unspecified atom stereocenters. The third-order valence-electron chi connectivity index (χ3n) is 5.49. The highest BCUT2D eigenvalue weighted by Gasteiger charge is 2.43. The third-order valence-corrected chi connectivity index (χ3v) is 6.26. The summed E-state index contributed by atoms with van der Waals surface area (Å²) in [5.74, 6) is 1.57. The van der Waals surface area contributed by atoms with E-state index in [4.69, 9.17) is 5.73 Å². The summed E-state index contributed by atoms with van der Waals surface area (Å²) in [6.45, 7) is 3.91. The van der Waals surface area contributed by atoms with Crippen molar-refractivity contribution in [3.05, 3.63) is 34.3 Å². The summed E-state index contributed by atoms with van der Waals surface area (Å²) in [6, 6.07) is 8.50. The van der Waals surface area contributed by atoms with Crippen molar-refractivity contribution in [1.29, 1.82) is 0 Å². The van der Waals surface area contributed by atoms with Crippen molar-refractivity contribution in [2.75, 3.05) is 13.1 Å². The minimum Gasteiger partial charge on any atom is -0.342 e. The molecule has 2 aliphatic rings. The average Bonchev–Trinajstić information content (AvgIpc) is 3.08. The largest absolute Gasteiger partial charge is 0.342 e. The summed E-state index contributed by atoms with van der Waals surface area (Å²) in [7, 11) is 0. The van der Waals surface area contributed by atoms with E-state index in [1.165, 1.54) is 12.0 Å². The maximum absolute atomic E-state index is 12.9. The number of nitrogens with two attached hydrogens (primary N) is 1. The molecule has 3 nitrogen and oxygen atoms in total. The number of hydrogen-bond acceptors (Lipinski definition) is 2. The van der Waals surface area contributed by atoms with Gasteiger partial charge >= 0.3 is 0 Å².